The number of aromatic amines is 1. The number of H-pyrrole nitrogens is 1. The van der Waals surface area contributed by atoms with Crippen molar-refractivity contribution in [2.75, 3.05) is 0 Å². The SMILES string of the molecule is C[C@@H]1Cn2c(nnc2C(F)(F)F)CN1C(=O)c1cccc(Cc2n[nH]c(=O)c3c2CCCC3)c1. The van der Waals surface area contributed by atoms with E-state index in [0.717, 1.165) is 52.6 Å². The van der Waals surface area contributed by atoms with E-state index in [1.807, 2.05) is 6.07 Å². The highest BCUT2D eigenvalue weighted by Gasteiger charge is 2.41. The molecule has 0 bridgehead atoms. The van der Waals surface area contributed by atoms with Crippen LogP contribution in [-0.4, -0.2) is 41.8 Å². The van der Waals surface area contributed by atoms with Gasteiger partial charge in [0, 0.05) is 30.1 Å². The van der Waals surface area contributed by atoms with Gasteiger partial charge in [-0.05, 0) is 55.9 Å². The lowest BCUT2D eigenvalue weighted by Gasteiger charge is -2.34. The summed E-state index contributed by atoms with van der Waals surface area (Å²) in [5.41, 5.74) is 3.77. The molecule has 3 heterocycles. The number of nitrogens with one attached hydrogen (secondary N) is 1. The van der Waals surface area contributed by atoms with Gasteiger partial charge in [0.25, 0.3) is 11.5 Å². The Balaban J connectivity index is 1.39. The summed E-state index contributed by atoms with van der Waals surface area (Å²) in [4.78, 5) is 26.9. The molecule has 0 unspecified atom stereocenters. The minimum absolute atomic E-state index is 0.0317. The van der Waals surface area contributed by atoms with E-state index in [0.29, 0.717) is 12.0 Å². The number of nitrogens with zero attached hydrogens (tertiary/aromatic N) is 5. The van der Waals surface area contributed by atoms with Crippen LogP contribution in [0.2, 0.25) is 0 Å². The zero-order chi connectivity index (χ0) is 24.0. The maximum atomic E-state index is 13.3. The van der Waals surface area contributed by atoms with Crippen LogP contribution >= 0.6 is 0 Å². The van der Waals surface area contributed by atoms with Crippen LogP contribution < -0.4 is 5.56 Å². The number of carbonyl (C=O) groups excluding carboxylic acids is 1. The van der Waals surface area contributed by atoms with Crippen molar-refractivity contribution in [3.8, 4) is 0 Å². The van der Waals surface area contributed by atoms with E-state index in [1.54, 1.807) is 25.1 Å². The van der Waals surface area contributed by atoms with E-state index >= 15 is 0 Å². The first-order chi connectivity index (χ1) is 16.2. The molecule has 5 rings (SSSR count). The van der Waals surface area contributed by atoms with Crippen molar-refractivity contribution < 1.29 is 18.0 Å². The summed E-state index contributed by atoms with van der Waals surface area (Å²) in [6.45, 7) is 1.62. The first-order valence-corrected chi connectivity index (χ1v) is 11.2. The molecule has 8 nitrogen and oxygen atoms in total. The number of amides is 1. The Kier molecular flexibility index (Phi) is 5.49. The molecule has 2 aromatic heterocycles. The third-order valence-corrected chi connectivity index (χ3v) is 6.56. The molecule has 0 saturated carbocycles. The van der Waals surface area contributed by atoms with E-state index in [4.69, 9.17) is 0 Å². The number of rotatable bonds is 3. The topological polar surface area (TPSA) is 96.8 Å². The van der Waals surface area contributed by atoms with E-state index in [2.05, 4.69) is 20.4 Å². The Bertz CT molecular complexity index is 1310. The minimum atomic E-state index is -4.60. The molecule has 1 amide bonds. The molecule has 178 valence electrons. The summed E-state index contributed by atoms with van der Waals surface area (Å²) in [5.74, 6) is -1.22. The highest BCUT2D eigenvalue weighted by molar-refractivity contribution is 5.94. The number of carbonyl (C=O) groups is 1. The lowest BCUT2D eigenvalue weighted by Crippen LogP contribution is -2.45. The number of aromatic nitrogens is 5. The maximum Gasteiger partial charge on any atom is 0.451 e. The van der Waals surface area contributed by atoms with Gasteiger partial charge in [-0.3, -0.25) is 9.59 Å². The van der Waals surface area contributed by atoms with Gasteiger partial charge in [0.15, 0.2) is 5.82 Å². The molecule has 1 aliphatic heterocycles. The Morgan fingerprint density at radius 3 is 2.71 bits per heavy atom. The second-order valence-corrected chi connectivity index (χ2v) is 8.87. The molecule has 34 heavy (non-hydrogen) atoms. The van der Waals surface area contributed by atoms with Gasteiger partial charge >= 0.3 is 6.18 Å². The molecular formula is C23H23F3N6O2. The normalized spacial score (nSPS) is 17.9. The van der Waals surface area contributed by atoms with Crippen LogP contribution in [0.25, 0.3) is 0 Å². The quantitative estimate of drug-likeness (QED) is 0.632. The van der Waals surface area contributed by atoms with Crippen molar-refractivity contribution in [2.45, 2.75) is 64.3 Å². The Morgan fingerprint density at radius 1 is 1.18 bits per heavy atom. The van der Waals surface area contributed by atoms with Crippen molar-refractivity contribution in [2.24, 2.45) is 0 Å². The molecule has 0 saturated heterocycles. The maximum absolute atomic E-state index is 13.3. The average molecular weight is 472 g/mol. The molecule has 1 aromatic carbocycles. The Labute approximate surface area is 192 Å². The number of fused-ring (bicyclic) bond motifs is 2. The fourth-order valence-corrected chi connectivity index (χ4v) is 4.84. The van der Waals surface area contributed by atoms with Crippen molar-refractivity contribution in [1.29, 1.82) is 0 Å². The number of benzene rings is 1. The van der Waals surface area contributed by atoms with Gasteiger partial charge < -0.3 is 9.47 Å². The second-order valence-electron chi connectivity index (χ2n) is 8.87. The molecule has 11 heteroatoms. The minimum Gasteiger partial charge on any atom is -0.327 e. The van der Waals surface area contributed by atoms with Crippen LogP contribution in [0, 0.1) is 0 Å². The summed E-state index contributed by atoms with van der Waals surface area (Å²) in [7, 11) is 0. The zero-order valence-electron chi connectivity index (χ0n) is 18.5. The molecule has 1 atom stereocenters. The van der Waals surface area contributed by atoms with Crippen LogP contribution in [0.5, 0.6) is 0 Å². The third-order valence-electron chi connectivity index (χ3n) is 6.56. The molecule has 0 radical (unpaired) electrons. The molecule has 1 aliphatic carbocycles. The summed E-state index contributed by atoms with van der Waals surface area (Å²) in [6, 6.07) is 6.67. The lowest BCUT2D eigenvalue weighted by atomic mass is 9.90. The van der Waals surface area contributed by atoms with Crippen LogP contribution in [-0.2, 0) is 38.5 Å². The predicted octanol–water partition coefficient (Wildman–Crippen LogP) is 2.89. The van der Waals surface area contributed by atoms with Gasteiger partial charge in [-0.1, -0.05) is 12.1 Å². The van der Waals surface area contributed by atoms with Gasteiger partial charge in [0.05, 0.1) is 12.2 Å². The van der Waals surface area contributed by atoms with Gasteiger partial charge in [-0.2, -0.15) is 18.3 Å². The number of alkyl halides is 3. The Hall–Kier alpha value is -3.50. The average Bonchev–Trinajstić information content (AvgIpc) is 3.23. The third kappa shape index (κ3) is 3.99. The molecular weight excluding hydrogens is 449 g/mol. The van der Waals surface area contributed by atoms with Crippen LogP contribution in [0.15, 0.2) is 29.1 Å². The summed E-state index contributed by atoms with van der Waals surface area (Å²) in [5, 5.41) is 13.8. The van der Waals surface area contributed by atoms with Gasteiger partial charge in [-0.25, -0.2) is 5.10 Å². The van der Waals surface area contributed by atoms with Crippen LogP contribution in [0.1, 0.15) is 64.2 Å². The standard InChI is InChI=1S/C23H23F3N6O2/c1-13-11-32-19(28-30-22(32)23(24,25)26)12-31(13)21(34)15-6-4-5-14(9-15)10-18-16-7-2-3-8-17(16)20(33)29-27-18/h4-6,9,13H,2-3,7-8,10-12H2,1H3,(H,29,33)/t13-/m1/s1. The number of hydrogen-bond donors (Lipinski definition) is 1. The highest BCUT2D eigenvalue weighted by atomic mass is 19.4. The van der Waals surface area contributed by atoms with Gasteiger partial charge in [0.2, 0.25) is 5.82 Å². The first kappa shape index (κ1) is 22.3. The monoisotopic (exact) mass is 472 g/mol. The van der Waals surface area contributed by atoms with E-state index in [1.165, 1.54) is 4.90 Å². The molecule has 1 N–H and O–H groups in total. The fourth-order valence-electron chi connectivity index (χ4n) is 4.84. The van der Waals surface area contributed by atoms with Gasteiger partial charge in [0.1, 0.15) is 0 Å². The van der Waals surface area contributed by atoms with Crippen LogP contribution in [0.4, 0.5) is 13.2 Å². The van der Waals surface area contributed by atoms with Crippen molar-refractivity contribution >= 4 is 5.91 Å². The summed E-state index contributed by atoms with van der Waals surface area (Å²) < 4.78 is 40.6. The Morgan fingerprint density at radius 2 is 1.94 bits per heavy atom. The van der Waals surface area contributed by atoms with E-state index in [-0.39, 0.29) is 30.4 Å². The largest absolute Gasteiger partial charge is 0.451 e. The smallest absolute Gasteiger partial charge is 0.327 e. The fraction of sp³-hybridized carbons (Fsp3) is 0.435. The van der Waals surface area contributed by atoms with Crippen molar-refractivity contribution in [3.63, 3.8) is 0 Å². The number of hydrogen-bond acceptors (Lipinski definition) is 5. The van der Waals surface area contributed by atoms with Gasteiger partial charge in [-0.15, -0.1) is 10.2 Å². The van der Waals surface area contributed by atoms with Crippen LogP contribution in [0.3, 0.4) is 0 Å². The highest BCUT2D eigenvalue weighted by Crippen LogP contribution is 2.31. The molecule has 0 fully saturated rings. The predicted molar refractivity (Wildman–Crippen MR) is 115 cm³/mol. The van der Waals surface area contributed by atoms with E-state index in [9.17, 15) is 22.8 Å². The second kappa shape index (κ2) is 8.37. The molecule has 2 aliphatic rings. The van der Waals surface area contributed by atoms with E-state index < -0.39 is 18.0 Å². The lowest BCUT2D eigenvalue weighted by molar-refractivity contribution is -0.148. The number of halogens is 3. The zero-order valence-corrected chi connectivity index (χ0v) is 18.5. The molecule has 3 aromatic rings. The molecule has 0 spiro atoms. The summed E-state index contributed by atoms with van der Waals surface area (Å²) >= 11 is 0. The summed E-state index contributed by atoms with van der Waals surface area (Å²) in [6.07, 6.45) is -0.579. The van der Waals surface area contributed by atoms with Crippen molar-refractivity contribution in [1.82, 2.24) is 29.9 Å². The van der Waals surface area contributed by atoms with Crippen molar-refractivity contribution in [3.05, 3.63) is 74.2 Å². The first-order valence-electron chi connectivity index (χ1n) is 11.2.